The summed E-state index contributed by atoms with van der Waals surface area (Å²) in [7, 11) is 0. The highest BCUT2D eigenvalue weighted by molar-refractivity contribution is 6.10. The van der Waals surface area contributed by atoms with Gasteiger partial charge in [-0.3, -0.25) is 4.98 Å². The first-order chi connectivity index (χ1) is 15.9. The summed E-state index contributed by atoms with van der Waals surface area (Å²) in [6, 6.07) is 36.7. The number of pyridine rings is 1. The number of hydrogen-bond acceptors (Lipinski definition) is 1. The maximum absolute atomic E-state index is 4.38. The molecule has 0 radical (unpaired) electrons. The third-order valence-corrected chi connectivity index (χ3v) is 6.40. The highest BCUT2D eigenvalue weighted by Gasteiger charge is 2.14. The fraction of sp³-hybridized carbons (Fsp3) is 0. The predicted molar refractivity (Wildman–Crippen MR) is 133 cm³/mol. The number of hydrogen-bond donors (Lipinski definition) is 0. The second-order valence-electron chi connectivity index (χ2n) is 8.13. The van der Waals surface area contributed by atoms with Crippen molar-refractivity contribution in [3.63, 3.8) is 0 Å². The van der Waals surface area contributed by atoms with E-state index in [2.05, 4.69) is 117 Å². The smallest absolute Gasteiger partial charge is 0.0571 e. The first-order valence-electron chi connectivity index (χ1n) is 10.8. The lowest BCUT2D eigenvalue weighted by Crippen LogP contribution is -1.98. The van der Waals surface area contributed by atoms with Crippen LogP contribution in [-0.2, 0) is 0 Å². The van der Waals surface area contributed by atoms with Gasteiger partial charge in [-0.15, -0.1) is 0 Å². The lowest BCUT2D eigenvalue weighted by Gasteiger charge is -2.12. The molecule has 0 N–H and O–H groups in total. The summed E-state index contributed by atoms with van der Waals surface area (Å²) in [4.78, 5) is 4.38. The van der Waals surface area contributed by atoms with E-state index in [1.54, 1.807) is 0 Å². The normalized spacial score (nSPS) is 11.8. The van der Waals surface area contributed by atoms with Gasteiger partial charge < -0.3 is 9.13 Å². The van der Waals surface area contributed by atoms with Crippen LogP contribution in [0.1, 0.15) is 0 Å². The van der Waals surface area contributed by atoms with Crippen LogP contribution in [0.2, 0.25) is 0 Å². The minimum atomic E-state index is 1.14. The predicted octanol–water partition coefficient (Wildman–Crippen LogP) is 7.28. The molecule has 7 rings (SSSR count). The Hall–Kier alpha value is -4.37. The summed E-state index contributed by atoms with van der Waals surface area (Å²) < 4.78 is 4.70. The Bertz CT molecular complexity index is 1550. The fourth-order valence-corrected chi connectivity index (χ4v) is 5.07. The molecule has 32 heavy (non-hydrogen) atoms. The summed E-state index contributed by atoms with van der Waals surface area (Å²) in [5, 5.41) is 4.94. The van der Waals surface area contributed by atoms with E-state index in [4.69, 9.17) is 0 Å². The molecule has 150 valence electrons. The molecule has 0 saturated carbocycles. The van der Waals surface area contributed by atoms with Gasteiger partial charge in [-0.2, -0.15) is 0 Å². The third-order valence-electron chi connectivity index (χ3n) is 6.40. The van der Waals surface area contributed by atoms with Crippen molar-refractivity contribution in [1.82, 2.24) is 14.1 Å². The van der Waals surface area contributed by atoms with Crippen molar-refractivity contribution in [3.8, 4) is 11.4 Å². The zero-order valence-electron chi connectivity index (χ0n) is 17.3. The lowest BCUT2D eigenvalue weighted by molar-refractivity contribution is 1.13. The Morgan fingerprint density at radius 1 is 0.438 bits per heavy atom. The van der Waals surface area contributed by atoms with Crippen molar-refractivity contribution in [2.75, 3.05) is 0 Å². The van der Waals surface area contributed by atoms with Crippen LogP contribution in [-0.4, -0.2) is 14.1 Å². The topological polar surface area (TPSA) is 22.8 Å². The van der Waals surface area contributed by atoms with E-state index >= 15 is 0 Å². The molecule has 0 spiro atoms. The van der Waals surface area contributed by atoms with Gasteiger partial charge in [0.15, 0.2) is 0 Å². The Morgan fingerprint density at radius 2 is 0.906 bits per heavy atom. The van der Waals surface area contributed by atoms with E-state index in [9.17, 15) is 0 Å². The SMILES string of the molecule is c1cc(-n2c3ccccc3c3ccccc32)cc(-n2c3ccccc3c3cnccc32)c1. The molecule has 0 unspecified atom stereocenters. The lowest BCUT2D eigenvalue weighted by atomic mass is 10.2. The average molecular weight is 409 g/mol. The minimum Gasteiger partial charge on any atom is -0.309 e. The van der Waals surface area contributed by atoms with Crippen molar-refractivity contribution in [3.05, 3.63) is 116 Å². The average Bonchev–Trinajstić information content (AvgIpc) is 3.37. The van der Waals surface area contributed by atoms with Gasteiger partial charge in [0.05, 0.1) is 22.1 Å². The van der Waals surface area contributed by atoms with Gasteiger partial charge in [0.1, 0.15) is 0 Å². The Labute approximate surface area is 184 Å². The quantitative estimate of drug-likeness (QED) is 0.294. The number of rotatable bonds is 2. The molecule has 0 bridgehead atoms. The Kier molecular flexibility index (Phi) is 3.55. The van der Waals surface area contributed by atoms with E-state index in [1.807, 2.05) is 12.4 Å². The first-order valence-corrected chi connectivity index (χ1v) is 10.8. The number of nitrogens with zero attached hydrogens (tertiary/aromatic N) is 3. The monoisotopic (exact) mass is 409 g/mol. The van der Waals surface area contributed by atoms with Crippen LogP contribution in [0.4, 0.5) is 0 Å². The molecule has 0 amide bonds. The zero-order valence-corrected chi connectivity index (χ0v) is 17.3. The van der Waals surface area contributed by atoms with E-state index in [1.165, 1.54) is 43.6 Å². The molecule has 3 aromatic heterocycles. The molecule has 7 aromatic rings. The fourth-order valence-electron chi connectivity index (χ4n) is 5.07. The van der Waals surface area contributed by atoms with E-state index in [0.29, 0.717) is 0 Å². The van der Waals surface area contributed by atoms with Gasteiger partial charge >= 0.3 is 0 Å². The number of para-hydroxylation sites is 3. The highest BCUT2D eigenvalue weighted by Crippen LogP contribution is 2.34. The molecular formula is C29H19N3. The van der Waals surface area contributed by atoms with Crippen LogP contribution >= 0.6 is 0 Å². The van der Waals surface area contributed by atoms with E-state index in [0.717, 1.165) is 11.4 Å². The first kappa shape index (κ1) is 17.3. The molecule has 4 aromatic carbocycles. The van der Waals surface area contributed by atoms with Gasteiger partial charge in [-0.05, 0) is 42.5 Å². The zero-order chi connectivity index (χ0) is 21.1. The number of fused-ring (bicyclic) bond motifs is 6. The van der Waals surface area contributed by atoms with E-state index < -0.39 is 0 Å². The third kappa shape index (κ3) is 2.33. The van der Waals surface area contributed by atoms with Crippen LogP contribution < -0.4 is 0 Å². The van der Waals surface area contributed by atoms with Crippen LogP contribution in [0.25, 0.3) is 55.0 Å². The number of aromatic nitrogens is 3. The molecule has 0 aliphatic heterocycles. The minimum absolute atomic E-state index is 1.14. The highest BCUT2D eigenvalue weighted by atomic mass is 15.0. The summed E-state index contributed by atoms with van der Waals surface area (Å²) in [6.07, 6.45) is 3.83. The van der Waals surface area contributed by atoms with Gasteiger partial charge in [0.2, 0.25) is 0 Å². The standard InChI is InChI=1S/C29H19N3/c1-4-13-26-22(10-1)23-11-2-5-14-27(23)31(26)20-8-7-9-21(18-20)32-28-15-6-3-12-24(28)25-19-30-17-16-29(25)32/h1-19H. The van der Waals surface area contributed by atoms with Crippen molar-refractivity contribution in [1.29, 1.82) is 0 Å². The summed E-state index contributed by atoms with van der Waals surface area (Å²) in [6.45, 7) is 0. The second kappa shape index (κ2) is 6.56. The maximum atomic E-state index is 4.38. The molecule has 0 fully saturated rings. The Morgan fingerprint density at radius 3 is 1.47 bits per heavy atom. The number of benzene rings is 4. The molecule has 3 heteroatoms. The second-order valence-corrected chi connectivity index (χ2v) is 8.13. The Balaban J connectivity index is 1.55. The van der Waals surface area contributed by atoms with Gasteiger partial charge in [0.25, 0.3) is 0 Å². The van der Waals surface area contributed by atoms with Crippen molar-refractivity contribution in [2.45, 2.75) is 0 Å². The molecule has 0 atom stereocenters. The summed E-state index contributed by atoms with van der Waals surface area (Å²) >= 11 is 0. The maximum Gasteiger partial charge on any atom is 0.0571 e. The molecular weight excluding hydrogens is 390 g/mol. The molecule has 3 heterocycles. The summed E-state index contributed by atoms with van der Waals surface area (Å²) in [5.41, 5.74) is 7.09. The van der Waals surface area contributed by atoms with Gasteiger partial charge in [-0.25, -0.2) is 0 Å². The van der Waals surface area contributed by atoms with Gasteiger partial charge in [-0.1, -0.05) is 60.7 Å². The molecule has 0 saturated heterocycles. The van der Waals surface area contributed by atoms with Crippen molar-refractivity contribution in [2.24, 2.45) is 0 Å². The summed E-state index contributed by atoms with van der Waals surface area (Å²) in [5.74, 6) is 0. The van der Waals surface area contributed by atoms with Crippen LogP contribution in [0.3, 0.4) is 0 Å². The van der Waals surface area contributed by atoms with Crippen molar-refractivity contribution >= 4 is 43.6 Å². The van der Waals surface area contributed by atoms with Gasteiger partial charge in [0, 0.05) is 45.3 Å². The van der Waals surface area contributed by atoms with E-state index in [-0.39, 0.29) is 0 Å². The van der Waals surface area contributed by atoms with Crippen molar-refractivity contribution < 1.29 is 0 Å². The molecule has 0 aliphatic carbocycles. The largest absolute Gasteiger partial charge is 0.309 e. The van der Waals surface area contributed by atoms with Crippen LogP contribution in [0, 0.1) is 0 Å². The van der Waals surface area contributed by atoms with Crippen LogP contribution in [0.15, 0.2) is 116 Å². The van der Waals surface area contributed by atoms with Crippen LogP contribution in [0.5, 0.6) is 0 Å². The molecule has 3 nitrogen and oxygen atoms in total. The molecule has 0 aliphatic rings.